The number of imidazole rings is 1. The first-order valence-corrected chi connectivity index (χ1v) is 27.8. The van der Waals surface area contributed by atoms with E-state index in [0.29, 0.717) is 0 Å². The van der Waals surface area contributed by atoms with E-state index >= 15 is 0 Å². The van der Waals surface area contributed by atoms with Crippen LogP contribution in [0.5, 0.6) is 0 Å². The van der Waals surface area contributed by atoms with Crippen molar-refractivity contribution in [3.05, 3.63) is 315 Å². The van der Waals surface area contributed by atoms with Crippen LogP contribution in [-0.4, -0.2) is 79.1 Å². The van der Waals surface area contributed by atoms with Gasteiger partial charge in [0.05, 0.1) is 51.5 Å². The van der Waals surface area contributed by atoms with Crippen molar-refractivity contribution in [2.45, 2.75) is 115 Å². The molecule has 16 heteroatoms. The van der Waals surface area contributed by atoms with Gasteiger partial charge in [-0.1, -0.05) is 128 Å². The summed E-state index contributed by atoms with van der Waals surface area (Å²) in [5.74, 6) is 0. The third kappa shape index (κ3) is 35.0. The third-order valence-electron chi connectivity index (χ3n) is 11.7. The van der Waals surface area contributed by atoms with Crippen LogP contribution in [0.3, 0.4) is 0 Å². The molecule has 0 aliphatic heterocycles. The Balaban J connectivity index is -0.000000499. The lowest BCUT2D eigenvalue weighted by molar-refractivity contribution is 0.910. The molecule has 0 fully saturated rings. The largest absolute Gasteiger partial charge is 0.341 e. The Kier molecular flexibility index (Phi) is 49.6. The second kappa shape index (κ2) is 52.3. The van der Waals surface area contributed by atoms with Gasteiger partial charge in [-0.15, -0.1) is 10.2 Å². The smallest absolute Gasteiger partial charge is 0.119 e. The lowest BCUT2D eigenvalue weighted by Crippen LogP contribution is -1.87. The summed E-state index contributed by atoms with van der Waals surface area (Å²) in [5, 5.41) is 9.36. The van der Waals surface area contributed by atoms with Gasteiger partial charge in [-0.2, -0.15) is 0 Å². The molecule has 0 amide bonds. The predicted molar refractivity (Wildman–Crippen MR) is 410 cm³/mol. The fourth-order valence-corrected chi connectivity index (χ4v) is 7.27. The van der Waals surface area contributed by atoms with Gasteiger partial charge < -0.3 is 9.13 Å². The zero-order valence-corrected chi connectivity index (χ0v) is 50.6. The van der Waals surface area contributed by atoms with Gasteiger partial charge in [0.15, 0.2) is 0 Å². The zero-order valence-electron chi connectivity index (χ0n) is 50.6. The minimum Gasteiger partial charge on any atom is -0.341 e. The molecule has 14 aromatic rings. The van der Waals surface area contributed by atoms with Gasteiger partial charge in [0.2, 0.25) is 0 Å². The maximum Gasteiger partial charge on any atom is 0.119 e. The Labute approximate surface area is 576 Å². The molecule has 0 aliphatic carbocycles. The monoisotopic (exact) mass is 1290 g/mol. The van der Waals surface area contributed by atoms with Gasteiger partial charge in [-0.3, -0.25) is 54.8 Å². The molecule has 0 saturated carbocycles. The van der Waals surface area contributed by atoms with Gasteiger partial charge in [-0.25, -0.2) is 4.98 Å². The number of aromatic nitrogens is 16. The standard InChI is InChI=1S/C13H10N2.3C11H10N2.3C6H7N.C4H6N2.C3H5N3.9CH4/c1-9-7-11-5-4-10-3-2-6-14-12(10)13(11)15-8-9;1-9-5-4-7-11(13-9)10-6-2-3-8-12-10;1-9-5-6-11(13-8-9)10-4-2-3-7-12-10;1-9-5-7-13-11(8-9)10-4-2-3-6-12-10;1-6-2-4-7-5-3-6;1-6-3-2-4-7-5-6;1-6-4-2-3-5-7-6;1-6-3-2-5-4-6;1-6-2-4-5-3-6;;;;;;;;;/h2-8H,1H3;3*2-8H,1H3;3*2-5H,1H3;2-4H,1H3;2-3H,1H3;9*1H4. The summed E-state index contributed by atoms with van der Waals surface area (Å²) in [5.41, 5.74) is 15.6. The van der Waals surface area contributed by atoms with Crippen molar-refractivity contribution < 1.29 is 0 Å². The van der Waals surface area contributed by atoms with Crippen LogP contribution >= 0.6 is 0 Å². The molecule has 0 aliphatic rings. The van der Waals surface area contributed by atoms with E-state index in [1.165, 1.54) is 27.8 Å². The van der Waals surface area contributed by atoms with Crippen LogP contribution in [0.2, 0.25) is 0 Å². The number of nitrogens with zero attached hydrogens (tertiary/aromatic N) is 16. The van der Waals surface area contributed by atoms with Crippen molar-refractivity contribution in [2.75, 3.05) is 0 Å². The topological polar surface area (TPSA) is 190 Å². The number of hydrogen-bond donors (Lipinski definition) is 0. The van der Waals surface area contributed by atoms with E-state index in [1.807, 2.05) is 237 Å². The van der Waals surface area contributed by atoms with Gasteiger partial charge in [0, 0.05) is 123 Å². The van der Waals surface area contributed by atoms with Crippen LogP contribution < -0.4 is 0 Å². The minimum absolute atomic E-state index is 0. The second-order valence-corrected chi connectivity index (χ2v) is 19.4. The van der Waals surface area contributed by atoms with E-state index in [0.717, 1.165) is 67.4 Å². The highest BCUT2D eigenvalue weighted by Crippen LogP contribution is 2.22. The summed E-state index contributed by atoms with van der Waals surface area (Å²) in [6.07, 6.45) is 30.3. The molecule has 0 unspecified atom stereocenters. The Morgan fingerprint density at radius 3 is 1.19 bits per heavy atom. The van der Waals surface area contributed by atoms with E-state index in [4.69, 9.17) is 0 Å². The van der Waals surface area contributed by atoms with E-state index < -0.39 is 0 Å². The minimum atomic E-state index is 0. The molecule has 0 radical (unpaired) electrons. The molecule has 508 valence electrons. The summed E-state index contributed by atoms with van der Waals surface area (Å²) in [6, 6.07) is 55.5. The van der Waals surface area contributed by atoms with Gasteiger partial charge >= 0.3 is 0 Å². The normalized spacial score (nSPS) is 8.76. The quantitative estimate of drug-likeness (QED) is 0.152. The highest BCUT2D eigenvalue weighted by atomic mass is 15.2. The van der Waals surface area contributed by atoms with Crippen molar-refractivity contribution in [1.82, 2.24) is 79.1 Å². The Morgan fingerprint density at radius 1 is 0.260 bits per heavy atom. The number of aryl methyl sites for hydroxylation is 9. The molecular weight excluding hydrogens is 1180 g/mol. The fraction of sp³-hybridized carbons (Fsp3) is 0.225. The highest BCUT2D eigenvalue weighted by molar-refractivity contribution is 6.02. The van der Waals surface area contributed by atoms with E-state index in [2.05, 4.69) is 101 Å². The van der Waals surface area contributed by atoms with Crippen LogP contribution in [0.4, 0.5) is 0 Å². The van der Waals surface area contributed by atoms with Crippen molar-refractivity contribution in [3.8, 4) is 34.2 Å². The maximum absolute atomic E-state index is 4.45. The summed E-state index contributed by atoms with van der Waals surface area (Å²) >= 11 is 0. The number of hydrogen-bond acceptors (Lipinski definition) is 14. The third-order valence-corrected chi connectivity index (χ3v) is 11.7. The number of fused-ring (bicyclic) bond motifs is 3. The van der Waals surface area contributed by atoms with Crippen molar-refractivity contribution in [2.24, 2.45) is 14.1 Å². The molecular formula is C80H108N16. The summed E-state index contributed by atoms with van der Waals surface area (Å²) in [7, 11) is 3.81. The zero-order chi connectivity index (χ0) is 61.7. The first-order valence-electron chi connectivity index (χ1n) is 27.8. The highest BCUT2D eigenvalue weighted by Gasteiger charge is 2.03. The Morgan fingerprint density at radius 2 is 0.760 bits per heavy atom. The summed E-state index contributed by atoms with van der Waals surface area (Å²) in [4.78, 5) is 49.9. The van der Waals surface area contributed by atoms with E-state index in [-0.39, 0.29) is 66.8 Å². The molecule has 0 saturated heterocycles. The lowest BCUT2D eigenvalue weighted by Gasteiger charge is -2.02. The van der Waals surface area contributed by atoms with Crippen LogP contribution in [-0.2, 0) is 14.1 Å². The van der Waals surface area contributed by atoms with Gasteiger partial charge in [0.25, 0.3) is 0 Å². The average molecular weight is 1290 g/mol. The molecule has 96 heavy (non-hydrogen) atoms. The fourth-order valence-electron chi connectivity index (χ4n) is 7.27. The average Bonchev–Trinajstić information content (AvgIpc) is 0.831. The van der Waals surface area contributed by atoms with Gasteiger partial charge in [-0.05, 0) is 185 Å². The van der Waals surface area contributed by atoms with Crippen LogP contribution in [0, 0.1) is 48.5 Å². The first-order chi connectivity index (χ1) is 42.4. The van der Waals surface area contributed by atoms with Crippen LogP contribution in [0.15, 0.2) is 276 Å². The second-order valence-electron chi connectivity index (χ2n) is 19.4. The number of pyridine rings is 11. The maximum atomic E-state index is 4.45. The Hall–Kier alpha value is -11.3. The first kappa shape index (κ1) is 91.2. The predicted octanol–water partition coefficient (Wildman–Crippen LogP) is 20.6. The van der Waals surface area contributed by atoms with Crippen LogP contribution in [0.1, 0.15) is 106 Å². The SMILES string of the molecule is C.C.C.C.C.C.C.C.C.Cc1ccc(-c2ccccn2)nc1.Cc1cccc(-c2ccccn2)n1.Cc1ccccn1.Cc1cccnc1.Cc1ccnc(-c2ccccn2)c1.Cc1ccncc1.Cc1cnc2c(ccc3cccnc32)c1.Cn1ccnc1.Cn1cnnc1. The molecule has 16 nitrogen and oxygen atoms in total. The molecule has 13 aromatic heterocycles. The molecule has 13 heterocycles. The summed E-state index contributed by atoms with van der Waals surface area (Å²) in [6.45, 7) is 14.1. The number of benzene rings is 1. The lowest BCUT2D eigenvalue weighted by atomic mass is 10.1. The molecule has 0 N–H and O–H groups in total. The molecule has 0 bridgehead atoms. The van der Waals surface area contributed by atoms with Crippen molar-refractivity contribution in [1.29, 1.82) is 0 Å². The van der Waals surface area contributed by atoms with E-state index in [1.54, 1.807) is 79.3 Å². The Bertz CT molecular complexity index is 3850. The molecule has 14 rings (SSSR count). The molecule has 1 aromatic carbocycles. The number of rotatable bonds is 3. The summed E-state index contributed by atoms with van der Waals surface area (Å²) < 4.78 is 3.67. The van der Waals surface area contributed by atoms with Gasteiger partial charge in [0.1, 0.15) is 12.7 Å². The van der Waals surface area contributed by atoms with Crippen molar-refractivity contribution in [3.63, 3.8) is 0 Å². The van der Waals surface area contributed by atoms with Crippen LogP contribution in [0.25, 0.3) is 56.0 Å². The molecule has 0 atom stereocenters. The molecule has 0 spiro atoms. The van der Waals surface area contributed by atoms with Crippen molar-refractivity contribution >= 4 is 21.8 Å². The van der Waals surface area contributed by atoms with E-state index in [9.17, 15) is 0 Å².